The van der Waals surface area contributed by atoms with E-state index < -0.39 is 5.97 Å². The molecule has 2 aromatic heterocycles. The minimum Gasteiger partial charge on any atom is -0.464 e. The highest BCUT2D eigenvalue weighted by Gasteiger charge is 2.18. The van der Waals surface area contributed by atoms with Crippen LogP contribution in [0.15, 0.2) is 43.0 Å². The smallest absolute Gasteiger partial charge is 0.356 e. The van der Waals surface area contributed by atoms with Crippen LogP contribution in [0.25, 0.3) is 21.8 Å². The predicted molar refractivity (Wildman–Crippen MR) is 84.2 cm³/mol. The predicted octanol–water partition coefficient (Wildman–Crippen LogP) is 2.97. The van der Waals surface area contributed by atoms with Crippen LogP contribution in [-0.2, 0) is 11.3 Å². The summed E-state index contributed by atoms with van der Waals surface area (Å²) >= 11 is 0. The van der Waals surface area contributed by atoms with Crippen molar-refractivity contribution in [2.75, 3.05) is 7.11 Å². The highest BCUT2D eigenvalue weighted by atomic mass is 16.5. The number of rotatable bonds is 4. The van der Waals surface area contributed by atoms with Gasteiger partial charge in [-0.15, -0.1) is 6.58 Å². The van der Waals surface area contributed by atoms with Gasteiger partial charge in [-0.25, -0.2) is 9.78 Å². The van der Waals surface area contributed by atoms with E-state index in [-0.39, 0.29) is 11.4 Å². The molecule has 0 fully saturated rings. The molecule has 0 radical (unpaired) electrons. The number of aldehydes is 1. The highest BCUT2D eigenvalue weighted by molar-refractivity contribution is 6.13. The molecule has 1 aromatic carbocycles. The van der Waals surface area contributed by atoms with Gasteiger partial charge in [0.25, 0.3) is 0 Å². The molecule has 0 amide bonds. The van der Waals surface area contributed by atoms with E-state index in [0.29, 0.717) is 18.3 Å². The molecule has 0 aliphatic carbocycles. The number of ether oxygens (including phenoxy) is 1. The number of hydrogen-bond acceptors (Lipinski definition) is 4. The standard InChI is InChI=1S/C17H14N2O3/c1-3-8-19-15-7-5-4-6-11(15)12-9-13(17(21)22-2)18-14(10-20)16(12)19/h3-7,9-10H,1,8H2,2H3. The van der Waals surface area contributed by atoms with Crippen LogP contribution in [-0.4, -0.2) is 28.9 Å². The van der Waals surface area contributed by atoms with E-state index in [9.17, 15) is 9.59 Å². The number of pyridine rings is 1. The first-order valence-corrected chi connectivity index (χ1v) is 6.77. The first-order chi connectivity index (χ1) is 10.7. The molecule has 0 bridgehead atoms. The fourth-order valence-electron chi connectivity index (χ4n) is 2.71. The summed E-state index contributed by atoms with van der Waals surface area (Å²) in [6, 6.07) is 9.42. The molecule has 0 saturated heterocycles. The second kappa shape index (κ2) is 5.44. The number of carbonyl (C=O) groups excluding carboxylic acids is 2. The zero-order valence-corrected chi connectivity index (χ0v) is 12.1. The molecule has 5 nitrogen and oxygen atoms in total. The molecule has 0 atom stereocenters. The van der Waals surface area contributed by atoms with E-state index in [1.54, 1.807) is 12.1 Å². The zero-order chi connectivity index (χ0) is 15.7. The van der Waals surface area contributed by atoms with Gasteiger partial charge in [-0.3, -0.25) is 4.79 Å². The molecule has 0 spiro atoms. The van der Waals surface area contributed by atoms with Crippen LogP contribution in [0.1, 0.15) is 21.0 Å². The fraction of sp³-hybridized carbons (Fsp3) is 0.118. The Bertz CT molecular complexity index is 909. The summed E-state index contributed by atoms with van der Waals surface area (Å²) < 4.78 is 6.68. The second-order valence-corrected chi connectivity index (χ2v) is 4.81. The monoisotopic (exact) mass is 294 g/mol. The number of methoxy groups -OCH3 is 1. The van der Waals surface area contributed by atoms with Crippen LogP contribution < -0.4 is 0 Å². The minimum atomic E-state index is -0.564. The van der Waals surface area contributed by atoms with Gasteiger partial charge in [-0.1, -0.05) is 24.3 Å². The minimum absolute atomic E-state index is 0.124. The molecule has 0 aliphatic rings. The Kier molecular flexibility index (Phi) is 3.47. The Labute approximate surface area is 126 Å². The lowest BCUT2D eigenvalue weighted by molar-refractivity contribution is 0.0594. The van der Waals surface area contributed by atoms with Crippen LogP contribution in [0.2, 0.25) is 0 Å². The molecular formula is C17H14N2O3. The van der Waals surface area contributed by atoms with Gasteiger partial charge in [0.1, 0.15) is 11.4 Å². The van der Waals surface area contributed by atoms with Crippen LogP contribution in [0.5, 0.6) is 0 Å². The van der Waals surface area contributed by atoms with E-state index in [1.807, 2.05) is 28.8 Å². The summed E-state index contributed by atoms with van der Waals surface area (Å²) in [5.74, 6) is -0.564. The number of carbonyl (C=O) groups is 2. The number of para-hydroxylation sites is 1. The molecule has 0 unspecified atom stereocenters. The van der Waals surface area contributed by atoms with Gasteiger partial charge in [0, 0.05) is 22.8 Å². The van der Waals surface area contributed by atoms with Gasteiger partial charge < -0.3 is 9.30 Å². The van der Waals surface area contributed by atoms with E-state index in [0.717, 1.165) is 16.3 Å². The van der Waals surface area contributed by atoms with Crippen molar-refractivity contribution in [2.45, 2.75) is 6.54 Å². The lowest BCUT2D eigenvalue weighted by Gasteiger charge is -2.06. The Balaban J connectivity index is 2.49. The molecule has 0 aliphatic heterocycles. The SMILES string of the molecule is C=CCn1c2ccccc2c2cc(C(=O)OC)nc(C=O)c21. The molecule has 3 rings (SSSR count). The van der Waals surface area contributed by atoms with E-state index in [1.165, 1.54) is 7.11 Å². The van der Waals surface area contributed by atoms with Crippen molar-refractivity contribution in [1.82, 2.24) is 9.55 Å². The largest absolute Gasteiger partial charge is 0.464 e. The first-order valence-electron chi connectivity index (χ1n) is 6.77. The van der Waals surface area contributed by atoms with E-state index in [4.69, 9.17) is 4.74 Å². The molecule has 22 heavy (non-hydrogen) atoms. The van der Waals surface area contributed by atoms with Gasteiger partial charge in [0.15, 0.2) is 6.29 Å². The van der Waals surface area contributed by atoms with Crippen molar-refractivity contribution >= 4 is 34.1 Å². The topological polar surface area (TPSA) is 61.2 Å². The molecule has 2 heterocycles. The van der Waals surface area contributed by atoms with Crippen LogP contribution in [0.3, 0.4) is 0 Å². The Morgan fingerprint density at radius 3 is 2.82 bits per heavy atom. The molecule has 3 aromatic rings. The van der Waals surface area contributed by atoms with Gasteiger partial charge in [-0.05, 0) is 12.1 Å². The number of benzene rings is 1. The highest BCUT2D eigenvalue weighted by Crippen LogP contribution is 2.30. The third-order valence-corrected chi connectivity index (χ3v) is 3.59. The fourth-order valence-corrected chi connectivity index (χ4v) is 2.71. The normalized spacial score (nSPS) is 10.8. The van der Waals surface area contributed by atoms with Crippen molar-refractivity contribution in [2.24, 2.45) is 0 Å². The summed E-state index contributed by atoms with van der Waals surface area (Å²) in [5, 5.41) is 1.75. The second-order valence-electron chi connectivity index (χ2n) is 4.81. The molecular weight excluding hydrogens is 280 g/mol. The number of esters is 1. The summed E-state index contributed by atoms with van der Waals surface area (Å²) in [6.45, 7) is 4.31. The maximum Gasteiger partial charge on any atom is 0.356 e. The Morgan fingerprint density at radius 2 is 2.14 bits per heavy atom. The van der Waals surface area contributed by atoms with Crippen LogP contribution >= 0.6 is 0 Å². The zero-order valence-electron chi connectivity index (χ0n) is 12.1. The van der Waals surface area contributed by atoms with Gasteiger partial charge >= 0.3 is 5.97 Å². The first kappa shape index (κ1) is 14.0. The average molecular weight is 294 g/mol. The third-order valence-electron chi connectivity index (χ3n) is 3.59. The summed E-state index contributed by atoms with van der Waals surface area (Å²) in [7, 11) is 1.29. The van der Waals surface area contributed by atoms with Crippen molar-refractivity contribution in [1.29, 1.82) is 0 Å². The number of fused-ring (bicyclic) bond motifs is 3. The number of nitrogens with zero attached hydrogens (tertiary/aromatic N) is 2. The summed E-state index contributed by atoms with van der Waals surface area (Å²) in [4.78, 5) is 27.4. The maximum absolute atomic E-state index is 11.8. The van der Waals surface area contributed by atoms with Crippen molar-refractivity contribution in [3.05, 3.63) is 54.4 Å². The Morgan fingerprint density at radius 1 is 1.36 bits per heavy atom. The number of allylic oxidation sites excluding steroid dienone is 1. The number of aromatic nitrogens is 2. The lowest BCUT2D eigenvalue weighted by atomic mass is 10.1. The third kappa shape index (κ3) is 1.98. The molecule has 5 heteroatoms. The molecule has 110 valence electrons. The Hall–Kier alpha value is -2.95. The van der Waals surface area contributed by atoms with Gasteiger partial charge in [0.05, 0.1) is 12.6 Å². The van der Waals surface area contributed by atoms with Crippen molar-refractivity contribution in [3.8, 4) is 0 Å². The van der Waals surface area contributed by atoms with Crippen molar-refractivity contribution in [3.63, 3.8) is 0 Å². The van der Waals surface area contributed by atoms with Crippen molar-refractivity contribution < 1.29 is 14.3 Å². The summed E-state index contributed by atoms with van der Waals surface area (Å²) in [6.07, 6.45) is 2.42. The van der Waals surface area contributed by atoms with Crippen LogP contribution in [0, 0.1) is 0 Å². The maximum atomic E-state index is 11.8. The van der Waals surface area contributed by atoms with Gasteiger partial charge in [-0.2, -0.15) is 0 Å². The average Bonchev–Trinajstić information content (AvgIpc) is 2.88. The van der Waals surface area contributed by atoms with E-state index in [2.05, 4.69) is 11.6 Å². The molecule has 0 N–H and O–H groups in total. The quantitative estimate of drug-likeness (QED) is 0.421. The lowest BCUT2D eigenvalue weighted by Crippen LogP contribution is -2.07. The van der Waals surface area contributed by atoms with E-state index >= 15 is 0 Å². The number of hydrogen-bond donors (Lipinski definition) is 0. The van der Waals surface area contributed by atoms with Crippen LogP contribution in [0.4, 0.5) is 0 Å². The van der Waals surface area contributed by atoms with Gasteiger partial charge in [0.2, 0.25) is 0 Å². The summed E-state index contributed by atoms with van der Waals surface area (Å²) in [5.41, 5.74) is 2.00. The molecule has 0 saturated carbocycles.